The van der Waals surface area contributed by atoms with Crippen molar-refractivity contribution in [3.05, 3.63) is 64.9 Å². The number of hydrogen-bond acceptors (Lipinski definition) is 5. The van der Waals surface area contributed by atoms with Crippen LogP contribution >= 0.6 is 0 Å². The van der Waals surface area contributed by atoms with Gasteiger partial charge in [-0.3, -0.25) is 9.59 Å². The number of nitrogens with zero attached hydrogens (tertiary/aromatic N) is 1. The number of amides is 2. The first-order chi connectivity index (χ1) is 16.6. The standard InChI is InChI=1S/C28H34N4O3/c1-17-10-11-22(31-26(33)18-12-19(28(2,3)4)14-20(29)13-18)15-23(17)24-16-25(35-32-24)27(34)30-21-8-6-5-7-9-21/h10-16,21H,5-9,29H2,1-4H3,(H,30,34)(H,31,33). The van der Waals surface area contributed by atoms with Crippen LogP contribution in [-0.4, -0.2) is 23.0 Å². The van der Waals surface area contributed by atoms with Crippen molar-refractivity contribution < 1.29 is 14.1 Å². The van der Waals surface area contributed by atoms with Crippen LogP contribution in [-0.2, 0) is 5.41 Å². The zero-order valence-electron chi connectivity index (χ0n) is 20.9. The fourth-order valence-electron chi connectivity index (χ4n) is 4.41. The Kier molecular flexibility index (Phi) is 6.96. The van der Waals surface area contributed by atoms with E-state index < -0.39 is 0 Å². The first-order valence-corrected chi connectivity index (χ1v) is 12.2. The lowest BCUT2D eigenvalue weighted by Gasteiger charge is -2.21. The maximum Gasteiger partial charge on any atom is 0.290 e. The van der Waals surface area contributed by atoms with Crippen molar-refractivity contribution in [2.24, 2.45) is 0 Å². The van der Waals surface area contributed by atoms with Crippen LogP contribution in [0.2, 0.25) is 0 Å². The molecule has 2 amide bonds. The summed E-state index contributed by atoms with van der Waals surface area (Å²) >= 11 is 0. The summed E-state index contributed by atoms with van der Waals surface area (Å²) in [5.74, 6) is -0.298. The van der Waals surface area contributed by atoms with Gasteiger partial charge in [0, 0.05) is 34.6 Å². The van der Waals surface area contributed by atoms with Gasteiger partial charge in [0.1, 0.15) is 5.69 Å². The van der Waals surface area contributed by atoms with Crippen LogP contribution in [0.1, 0.15) is 84.9 Å². The van der Waals surface area contributed by atoms with E-state index in [1.54, 1.807) is 12.1 Å². The third-order valence-electron chi connectivity index (χ3n) is 6.53. The van der Waals surface area contributed by atoms with Gasteiger partial charge < -0.3 is 20.9 Å². The SMILES string of the molecule is Cc1ccc(NC(=O)c2cc(N)cc(C(C)(C)C)c2)cc1-c1cc(C(=O)NC2CCCCC2)on1. The van der Waals surface area contributed by atoms with Crippen molar-refractivity contribution in [1.29, 1.82) is 0 Å². The van der Waals surface area contributed by atoms with Gasteiger partial charge in [0.25, 0.3) is 11.8 Å². The zero-order chi connectivity index (χ0) is 25.2. The molecule has 0 bridgehead atoms. The highest BCUT2D eigenvalue weighted by Crippen LogP contribution is 2.29. The Hall–Kier alpha value is -3.61. The fourth-order valence-corrected chi connectivity index (χ4v) is 4.41. The summed E-state index contributed by atoms with van der Waals surface area (Å²) in [5, 5.41) is 10.1. The molecule has 4 N–H and O–H groups in total. The van der Waals surface area contributed by atoms with E-state index in [9.17, 15) is 9.59 Å². The van der Waals surface area contributed by atoms with Crippen LogP contribution < -0.4 is 16.4 Å². The summed E-state index contributed by atoms with van der Waals surface area (Å²) < 4.78 is 5.36. The maximum atomic E-state index is 13.0. The highest BCUT2D eigenvalue weighted by Gasteiger charge is 2.21. The van der Waals surface area contributed by atoms with Gasteiger partial charge in [-0.15, -0.1) is 0 Å². The van der Waals surface area contributed by atoms with Crippen molar-refractivity contribution in [3.8, 4) is 11.3 Å². The number of hydrogen-bond donors (Lipinski definition) is 3. The molecule has 7 nitrogen and oxygen atoms in total. The maximum absolute atomic E-state index is 13.0. The summed E-state index contributed by atoms with van der Waals surface area (Å²) in [6.07, 6.45) is 5.49. The van der Waals surface area contributed by atoms with Gasteiger partial charge in [-0.05, 0) is 66.6 Å². The minimum Gasteiger partial charge on any atom is -0.399 e. The average molecular weight is 475 g/mol. The molecule has 4 rings (SSSR count). The molecule has 1 fully saturated rings. The van der Waals surface area contributed by atoms with Crippen LogP contribution in [0.3, 0.4) is 0 Å². The first kappa shape index (κ1) is 24.5. The number of aryl methyl sites for hydroxylation is 1. The third kappa shape index (κ3) is 5.91. The summed E-state index contributed by atoms with van der Waals surface area (Å²) in [6.45, 7) is 8.19. The first-order valence-electron chi connectivity index (χ1n) is 12.2. The number of anilines is 2. The minimum absolute atomic E-state index is 0.130. The average Bonchev–Trinajstić information content (AvgIpc) is 3.30. The van der Waals surface area contributed by atoms with Gasteiger partial charge in [0.2, 0.25) is 5.76 Å². The van der Waals surface area contributed by atoms with Crippen LogP contribution in [0.15, 0.2) is 47.0 Å². The quantitative estimate of drug-likeness (QED) is 0.402. The zero-order valence-corrected chi connectivity index (χ0v) is 20.9. The molecule has 35 heavy (non-hydrogen) atoms. The minimum atomic E-state index is -0.245. The summed E-state index contributed by atoms with van der Waals surface area (Å²) in [4.78, 5) is 25.6. The van der Waals surface area contributed by atoms with E-state index in [-0.39, 0.29) is 29.0 Å². The largest absolute Gasteiger partial charge is 0.399 e. The van der Waals surface area contributed by atoms with Gasteiger partial charge >= 0.3 is 0 Å². The number of nitrogens with one attached hydrogen (secondary N) is 2. The van der Waals surface area contributed by atoms with E-state index in [0.717, 1.165) is 42.4 Å². The number of nitrogens with two attached hydrogens (primary N) is 1. The molecule has 0 saturated heterocycles. The second kappa shape index (κ2) is 9.94. The van der Waals surface area contributed by atoms with Crippen LogP contribution in [0.5, 0.6) is 0 Å². The van der Waals surface area contributed by atoms with Gasteiger partial charge in [0.15, 0.2) is 0 Å². The van der Waals surface area contributed by atoms with Crippen molar-refractivity contribution in [1.82, 2.24) is 10.5 Å². The lowest BCUT2D eigenvalue weighted by molar-refractivity contribution is 0.0890. The predicted molar refractivity (Wildman–Crippen MR) is 139 cm³/mol. The molecule has 3 aromatic rings. The second-order valence-corrected chi connectivity index (χ2v) is 10.5. The molecule has 0 atom stereocenters. The number of aromatic nitrogens is 1. The van der Waals surface area contributed by atoms with Crippen molar-refractivity contribution in [2.45, 2.75) is 71.3 Å². The summed E-state index contributed by atoms with van der Waals surface area (Å²) in [5.41, 5.74) is 10.9. The Morgan fingerprint density at radius 1 is 1.00 bits per heavy atom. The second-order valence-electron chi connectivity index (χ2n) is 10.5. The van der Waals surface area contributed by atoms with E-state index in [1.165, 1.54) is 6.42 Å². The lowest BCUT2D eigenvalue weighted by Crippen LogP contribution is -2.35. The number of carbonyl (C=O) groups is 2. The number of benzene rings is 2. The van der Waals surface area contributed by atoms with Gasteiger partial charge in [-0.25, -0.2) is 0 Å². The highest BCUT2D eigenvalue weighted by atomic mass is 16.5. The Morgan fingerprint density at radius 2 is 1.74 bits per heavy atom. The molecule has 1 heterocycles. The number of rotatable bonds is 5. The molecule has 1 aliphatic rings. The van der Waals surface area contributed by atoms with Crippen LogP contribution in [0, 0.1) is 6.92 Å². The highest BCUT2D eigenvalue weighted by molar-refractivity contribution is 6.05. The van der Waals surface area contributed by atoms with Gasteiger partial charge in [0.05, 0.1) is 0 Å². The van der Waals surface area contributed by atoms with Gasteiger partial charge in [-0.1, -0.05) is 51.3 Å². The van der Waals surface area contributed by atoms with E-state index in [1.807, 2.05) is 37.3 Å². The lowest BCUT2D eigenvalue weighted by atomic mass is 9.85. The Bertz CT molecular complexity index is 1230. The van der Waals surface area contributed by atoms with Crippen molar-refractivity contribution in [3.63, 3.8) is 0 Å². The molecule has 1 aromatic heterocycles. The van der Waals surface area contributed by atoms with E-state index in [0.29, 0.717) is 22.6 Å². The van der Waals surface area contributed by atoms with E-state index in [4.69, 9.17) is 10.3 Å². The normalized spacial score (nSPS) is 14.5. The van der Waals surface area contributed by atoms with Crippen molar-refractivity contribution >= 4 is 23.2 Å². The molecule has 0 spiro atoms. The number of carbonyl (C=O) groups excluding carboxylic acids is 2. The molecule has 0 unspecified atom stereocenters. The predicted octanol–water partition coefficient (Wildman–Crippen LogP) is 5.84. The molecule has 1 aliphatic carbocycles. The summed E-state index contributed by atoms with van der Waals surface area (Å²) in [7, 11) is 0. The Balaban J connectivity index is 1.51. The molecule has 0 aliphatic heterocycles. The van der Waals surface area contributed by atoms with E-state index >= 15 is 0 Å². The van der Waals surface area contributed by atoms with Crippen LogP contribution in [0.4, 0.5) is 11.4 Å². The smallest absolute Gasteiger partial charge is 0.290 e. The fraction of sp³-hybridized carbons (Fsp3) is 0.393. The molecule has 7 heteroatoms. The van der Waals surface area contributed by atoms with E-state index in [2.05, 4.69) is 36.6 Å². The molecular weight excluding hydrogens is 440 g/mol. The van der Waals surface area contributed by atoms with Gasteiger partial charge in [-0.2, -0.15) is 0 Å². The Labute approximate surface area is 206 Å². The third-order valence-corrected chi connectivity index (χ3v) is 6.53. The molecule has 0 radical (unpaired) electrons. The molecule has 1 saturated carbocycles. The molecular formula is C28H34N4O3. The number of nitrogen functional groups attached to an aromatic ring is 1. The summed E-state index contributed by atoms with van der Waals surface area (Å²) in [6, 6.07) is 12.9. The van der Waals surface area contributed by atoms with Crippen LogP contribution in [0.25, 0.3) is 11.3 Å². The topological polar surface area (TPSA) is 110 Å². The van der Waals surface area contributed by atoms with Crippen molar-refractivity contribution in [2.75, 3.05) is 11.1 Å². The molecule has 2 aromatic carbocycles. The molecule has 184 valence electrons. The Morgan fingerprint density at radius 3 is 2.46 bits per heavy atom. The monoisotopic (exact) mass is 474 g/mol.